The van der Waals surface area contributed by atoms with Crippen molar-refractivity contribution in [3.63, 3.8) is 0 Å². The Morgan fingerprint density at radius 2 is 2.00 bits per heavy atom. The number of sulfone groups is 1. The van der Waals surface area contributed by atoms with E-state index in [9.17, 15) is 17.2 Å². The zero-order valence-electron chi connectivity index (χ0n) is 9.24. The summed E-state index contributed by atoms with van der Waals surface area (Å²) in [5, 5.41) is 5.87. The van der Waals surface area contributed by atoms with Crippen molar-refractivity contribution in [3.05, 3.63) is 29.8 Å². The van der Waals surface area contributed by atoms with Gasteiger partial charge in [0.2, 0.25) is 0 Å². The maximum Gasteiger partial charge on any atom is 0.178 e. The first kappa shape index (κ1) is 12.5. The van der Waals surface area contributed by atoms with E-state index < -0.39 is 31.9 Å². The molecule has 18 heavy (non-hydrogen) atoms. The van der Waals surface area contributed by atoms with Crippen molar-refractivity contribution in [1.29, 1.82) is 0 Å². The number of anilines is 1. The quantitative estimate of drug-likeness (QED) is 0.808. The van der Waals surface area contributed by atoms with Gasteiger partial charge in [-0.2, -0.15) is 5.10 Å². The Labute approximate surface area is 102 Å². The summed E-state index contributed by atoms with van der Waals surface area (Å²) in [4.78, 5) is -0.577. The standard InChI is InChI=1S/C10H9F2N3O2S/c1-18(16,17)7-3-2-5(11)9(10(7)12)6-4-8(13)15-14-6/h2-4H,1H3,(H3,13,14,15). The number of halogens is 2. The Balaban J connectivity index is 2.75. The van der Waals surface area contributed by atoms with Crippen LogP contribution in [0.5, 0.6) is 0 Å². The third-order valence-corrected chi connectivity index (χ3v) is 3.44. The van der Waals surface area contributed by atoms with Crippen molar-refractivity contribution in [2.24, 2.45) is 0 Å². The molecule has 1 heterocycles. The van der Waals surface area contributed by atoms with E-state index in [-0.39, 0.29) is 11.5 Å². The molecule has 0 unspecified atom stereocenters. The number of benzene rings is 1. The van der Waals surface area contributed by atoms with Gasteiger partial charge in [-0.15, -0.1) is 0 Å². The fourth-order valence-corrected chi connectivity index (χ4v) is 2.27. The van der Waals surface area contributed by atoms with Crippen molar-refractivity contribution in [3.8, 4) is 11.3 Å². The number of nitrogens with one attached hydrogen (secondary N) is 1. The highest BCUT2D eigenvalue weighted by Gasteiger charge is 2.22. The van der Waals surface area contributed by atoms with Crippen LogP contribution in [-0.4, -0.2) is 24.9 Å². The number of nitrogens with two attached hydrogens (primary N) is 1. The zero-order valence-corrected chi connectivity index (χ0v) is 10.1. The van der Waals surface area contributed by atoms with E-state index in [2.05, 4.69) is 10.2 Å². The molecule has 0 aliphatic rings. The van der Waals surface area contributed by atoms with Gasteiger partial charge in [-0.1, -0.05) is 0 Å². The lowest BCUT2D eigenvalue weighted by Gasteiger charge is -2.06. The maximum absolute atomic E-state index is 14.0. The van der Waals surface area contributed by atoms with E-state index in [1.807, 2.05) is 0 Å². The molecule has 0 bridgehead atoms. The number of nitrogens with zero attached hydrogens (tertiary/aromatic N) is 1. The van der Waals surface area contributed by atoms with Crippen LogP contribution in [0.2, 0.25) is 0 Å². The van der Waals surface area contributed by atoms with Crippen molar-refractivity contribution in [1.82, 2.24) is 10.2 Å². The molecule has 0 radical (unpaired) electrons. The van der Waals surface area contributed by atoms with Gasteiger partial charge in [0.15, 0.2) is 15.7 Å². The molecular formula is C10H9F2N3O2S. The van der Waals surface area contributed by atoms with E-state index in [0.717, 1.165) is 18.4 Å². The molecule has 8 heteroatoms. The molecule has 0 fully saturated rings. The Hall–Kier alpha value is -1.96. The van der Waals surface area contributed by atoms with Gasteiger partial charge < -0.3 is 5.73 Å². The van der Waals surface area contributed by atoms with Gasteiger partial charge in [0, 0.05) is 12.3 Å². The van der Waals surface area contributed by atoms with Crippen LogP contribution in [-0.2, 0) is 9.84 Å². The Morgan fingerprint density at radius 3 is 2.50 bits per heavy atom. The van der Waals surface area contributed by atoms with Crippen molar-refractivity contribution in [2.75, 3.05) is 12.0 Å². The van der Waals surface area contributed by atoms with Crippen LogP contribution in [0.3, 0.4) is 0 Å². The largest absolute Gasteiger partial charge is 0.382 e. The lowest BCUT2D eigenvalue weighted by molar-refractivity contribution is 0.555. The monoisotopic (exact) mass is 273 g/mol. The molecule has 3 N–H and O–H groups in total. The molecule has 0 aliphatic heterocycles. The second kappa shape index (κ2) is 4.05. The molecule has 0 spiro atoms. The van der Waals surface area contributed by atoms with Crippen LogP contribution in [0.15, 0.2) is 23.1 Å². The topological polar surface area (TPSA) is 88.8 Å². The maximum atomic E-state index is 14.0. The summed E-state index contributed by atoms with van der Waals surface area (Å²) in [6.45, 7) is 0. The molecule has 5 nitrogen and oxygen atoms in total. The molecule has 1 aromatic carbocycles. The van der Waals surface area contributed by atoms with Gasteiger partial charge in [0.25, 0.3) is 0 Å². The lowest BCUT2D eigenvalue weighted by Crippen LogP contribution is -2.04. The lowest BCUT2D eigenvalue weighted by atomic mass is 10.1. The molecule has 96 valence electrons. The number of rotatable bonds is 2. The molecule has 1 aromatic heterocycles. The van der Waals surface area contributed by atoms with Crippen molar-refractivity contribution in [2.45, 2.75) is 4.90 Å². The summed E-state index contributed by atoms with van der Waals surface area (Å²) in [6.07, 6.45) is 0.842. The molecule has 0 saturated carbocycles. The van der Waals surface area contributed by atoms with E-state index in [1.165, 1.54) is 6.07 Å². The van der Waals surface area contributed by atoms with Crippen molar-refractivity contribution < 1.29 is 17.2 Å². The first-order valence-electron chi connectivity index (χ1n) is 4.80. The number of hydrogen-bond acceptors (Lipinski definition) is 4. The third-order valence-electron chi connectivity index (χ3n) is 2.32. The van der Waals surface area contributed by atoms with Gasteiger partial charge in [-0.3, -0.25) is 5.10 Å². The third kappa shape index (κ3) is 2.06. The second-order valence-corrected chi connectivity index (χ2v) is 5.70. The molecule has 2 rings (SSSR count). The summed E-state index contributed by atoms with van der Waals surface area (Å²) >= 11 is 0. The van der Waals surface area contributed by atoms with Crippen LogP contribution < -0.4 is 5.73 Å². The minimum Gasteiger partial charge on any atom is -0.382 e. The predicted molar refractivity (Wildman–Crippen MR) is 61.5 cm³/mol. The summed E-state index contributed by atoms with van der Waals surface area (Å²) in [6, 6.07) is 2.97. The van der Waals surface area contributed by atoms with Crippen LogP contribution in [0.4, 0.5) is 14.6 Å². The molecule has 0 atom stereocenters. The van der Waals surface area contributed by atoms with Crippen LogP contribution in [0.25, 0.3) is 11.3 Å². The Morgan fingerprint density at radius 1 is 1.33 bits per heavy atom. The highest BCUT2D eigenvalue weighted by molar-refractivity contribution is 7.90. The van der Waals surface area contributed by atoms with Crippen molar-refractivity contribution >= 4 is 15.7 Å². The Bertz CT molecular complexity index is 710. The van der Waals surface area contributed by atoms with Crippen LogP contribution in [0, 0.1) is 11.6 Å². The SMILES string of the molecule is CS(=O)(=O)c1ccc(F)c(-c2cc(N)n[nH]2)c1F. The smallest absolute Gasteiger partial charge is 0.178 e. The minimum absolute atomic E-state index is 0.0204. The number of aromatic nitrogens is 2. The van der Waals surface area contributed by atoms with E-state index in [1.54, 1.807) is 0 Å². The van der Waals surface area contributed by atoms with Crippen LogP contribution in [0.1, 0.15) is 0 Å². The summed E-state index contributed by atoms with van der Waals surface area (Å²) < 4.78 is 50.3. The van der Waals surface area contributed by atoms with Crippen LogP contribution >= 0.6 is 0 Å². The fourth-order valence-electron chi connectivity index (χ4n) is 1.53. The summed E-state index contributed by atoms with van der Waals surface area (Å²) in [7, 11) is -3.78. The minimum atomic E-state index is -3.78. The van der Waals surface area contributed by atoms with Gasteiger partial charge in [-0.25, -0.2) is 17.2 Å². The average molecular weight is 273 g/mol. The highest BCUT2D eigenvalue weighted by Crippen LogP contribution is 2.29. The number of aromatic amines is 1. The summed E-state index contributed by atoms with van der Waals surface area (Å²) in [5.74, 6) is -2.02. The first-order chi connectivity index (χ1) is 8.30. The fraction of sp³-hybridized carbons (Fsp3) is 0.100. The molecule has 0 saturated heterocycles. The van der Waals surface area contributed by atoms with E-state index in [0.29, 0.717) is 0 Å². The molecule has 0 amide bonds. The normalized spacial score (nSPS) is 11.7. The van der Waals surface area contributed by atoms with Gasteiger partial charge >= 0.3 is 0 Å². The molecule has 0 aliphatic carbocycles. The Kier molecular flexibility index (Phi) is 2.81. The predicted octanol–water partition coefficient (Wildman–Crippen LogP) is 1.34. The van der Waals surface area contributed by atoms with E-state index >= 15 is 0 Å². The number of H-pyrrole nitrogens is 1. The second-order valence-electron chi connectivity index (χ2n) is 3.71. The first-order valence-corrected chi connectivity index (χ1v) is 6.69. The average Bonchev–Trinajstić information content (AvgIpc) is 2.62. The van der Waals surface area contributed by atoms with E-state index in [4.69, 9.17) is 5.73 Å². The highest BCUT2D eigenvalue weighted by atomic mass is 32.2. The van der Waals surface area contributed by atoms with Gasteiger partial charge in [0.05, 0.1) is 11.3 Å². The van der Waals surface area contributed by atoms with Gasteiger partial charge in [0.1, 0.15) is 16.5 Å². The molecule has 2 aromatic rings. The number of nitrogen functional groups attached to an aromatic ring is 1. The number of hydrogen-bond donors (Lipinski definition) is 2. The zero-order chi connectivity index (χ0) is 13.5. The van der Waals surface area contributed by atoms with Gasteiger partial charge in [-0.05, 0) is 12.1 Å². The summed E-state index contributed by atoms with van der Waals surface area (Å²) in [5.41, 5.74) is 4.82. The molecular weight excluding hydrogens is 264 g/mol.